The summed E-state index contributed by atoms with van der Waals surface area (Å²) in [6.45, 7) is 0. The summed E-state index contributed by atoms with van der Waals surface area (Å²) in [5.41, 5.74) is 4.40. The molecule has 41 heavy (non-hydrogen) atoms. The molecule has 0 spiro atoms. The van der Waals surface area contributed by atoms with Gasteiger partial charge in [0.1, 0.15) is 0 Å². The van der Waals surface area contributed by atoms with Crippen LogP contribution in [0.15, 0.2) is 133 Å². The zero-order valence-corrected chi connectivity index (χ0v) is 23.3. The van der Waals surface area contributed by atoms with Gasteiger partial charge in [-0.05, 0) is 33.4 Å². The van der Waals surface area contributed by atoms with Crippen molar-refractivity contribution < 1.29 is 37.8 Å². The van der Waals surface area contributed by atoms with E-state index in [2.05, 4.69) is 4.31 Å². The van der Waals surface area contributed by atoms with Gasteiger partial charge in [0.25, 0.3) is 0 Å². The van der Waals surface area contributed by atoms with Crippen molar-refractivity contribution in [1.82, 2.24) is 0 Å². The first-order valence-electron chi connectivity index (χ1n) is 12.5. The summed E-state index contributed by atoms with van der Waals surface area (Å²) in [4.78, 5) is 29.0. The van der Waals surface area contributed by atoms with E-state index in [1.807, 2.05) is 91.0 Å². The van der Waals surface area contributed by atoms with Crippen LogP contribution < -0.4 is 0 Å². The molecule has 208 valence electrons. The highest BCUT2D eigenvalue weighted by atomic mass is 31.3. The van der Waals surface area contributed by atoms with Crippen LogP contribution in [-0.2, 0) is 23.8 Å². The first kappa shape index (κ1) is 28.8. The Bertz CT molecular complexity index is 1730. The molecule has 2 unspecified atom stereocenters. The third-order valence-electron chi connectivity index (χ3n) is 6.40. The predicted molar refractivity (Wildman–Crippen MR) is 156 cm³/mol. The Kier molecular flexibility index (Phi) is 8.20. The van der Waals surface area contributed by atoms with Crippen molar-refractivity contribution in [3.63, 3.8) is 0 Å². The van der Waals surface area contributed by atoms with Gasteiger partial charge in [-0.3, -0.25) is 0 Å². The Morgan fingerprint density at radius 3 is 1.46 bits per heavy atom. The number of rotatable bonds is 9. The molecule has 0 saturated carbocycles. The van der Waals surface area contributed by atoms with Crippen molar-refractivity contribution in [1.29, 1.82) is 0 Å². The van der Waals surface area contributed by atoms with Gasteiger partial charge in [0.2, 0.25) is 5.79 Å². The highest BCUT2D eigenvalue weighted by molar-refractivity contribution is 7.60. The number of phosphoric ester groups is 1. The molecule has 0 aliphatic carbocycles. The summed E-state index contributed by atoms with van der Waals surface area (Å²) in [6.07, 6.45) is 0. The van der Waals surface area contributed by atoms with Crippen molar-refractivity contribution in [2.45, 2.75) is 5.79 Å². The van der Waals surface area contributed by atoms with Gasteiger partial charge in [-0.25, -0.2) is 13.7 Å². The highest BCUT2D eigenvalue weighted by Gasteiger charge is 2.46. The Morgan fingerprint density at radius 2 is 0.976 bits per heavy atom. The van der Waals surface area contributed by atoms with Crippen molar-refractivity contribution in [2.24, 2.45) is 0 Å². The summed E-state index contributed by atoms with van der Waals surface area (Å²) in [5.74, 6) is -2.69. The van der Waals surface area contributed by atoms with E-state index in [0.717, 1.165) is 16.7 Å². The maximum absolute atomic E-state index is 12.9. The van der Waals surface area contributed by atoms with Crippen LogP contribution in [0.2, 0.25) is 0 Å². The Hall–Kier alpha value is -3.68. The van der Waals surface area contributed by atoms with E-state index in [1.165, 1.54) is 12.1 Å². The fourth-order valence-electron chi connectivity index (χ4n) is 4.79. The molecule has 5 rings (SSSR count). The van der Waals surface area contributed by atoms with Crippen LogP contribution in [0.4, 0.5) is 0 Å². The Morgan fingerprint density at radius 1 is 0.537 bits per heavy atom. The molecule has 0 saturated heterocycles. The molecule has 10 heteroatoms. The van der Waals surface area contributed by atoms with Gasteiger partial charge in [0.05, 0.1) is 0 Å². The third kappa shape index (κ3) is 6.47. The average molecular weight is 588 g/mol. The summed E-state index contributed by atoms with van der Waals surface area (Å²) in [5, 5.41) is 12.3. The first-order valence-corrected chi connectivity index (χ1v) is 15.5. The van der Waals surface area contributed by atoms with Gasteiger partial charge in [0, 0.05) is 11.1 Å². The Balaban J connectivity index is 1.89. The molecule has 0 radical (unpaired) electrons. The van der Waals surface area contributed by atoms with Crippen molar-refractivity contribution >= 4 is 15.6 Å². The van der Waals surface area contributed by atoms with Crippen LogP contribution in [0.5, 0.6) is 0 Å². The van der Waals surface area contributed by atoms with E-state index in [0.29, 0.717) is 16.7 Å². The molecule has 0 aliphatic rings. The minimum Gasteiger partial charge on any atom is -0.358 e. The number of hydrogen-bond donors (Lipinski definition) is 4. The number of phosphoric acid groups is 2. The molecule has 0 heterocycles. The zero-order chi connectivity index (χ0) is 29.1. The number of aliphatic hydroxyl groups is 1. The van der Waals surface area contributed by atoms with Crippen molar-refractivity contribution in [3.8, 4) is 33.4 Å². The number of hydrogen-bond acceptors (Lipinski definition) is 5. The van der Waals surface area contributed by atoms with E-state index < -0.39 is 21.4 Å². The lowest BCUT2D eigenvalue weighted by Crippen LogP contribution is -2.31. The van der Waals surface area contributed by atoms with Gasteiger partial charge in [0.15, 0.2) is 0 Å². The second-order valence-electron chi connectivity index (χ2n) is 9.15. The smallest absolute Gasteiger partial charge is 0.358 e. The van der Waals surface area contributed by atoms with Crippen LogP contribution in [0, 0.1) is 0 Å². The molecule has 5 aromatic carbocycles. The highest BCUT2D eigenvalue weighted by Crippen LogP contribution is 2.62. The molecule has 0 aliphatic heterocycles. The summed E-state index contributed by atoms with van der Waals surface area (Å²) in [6, 6.07) is 39.3. The molecule has 0 fully saturated rings. The second kappa shape index (κ2) is 11.7. The quantitative estimate of drug-likeness (QED) is 0.106. The first-order chi connectivity index (χ1) is 19.6. The minimum absolute atomic E-state index is 0.0345. The molecule has 0 aromatic heterocycles. The molecule has 2 atom stereocenters. The van der Waals surface area contributed by atoms with Crippen LogP contribution in [0.1, 0.15) is 11.1 Å². The molecule has 4 N–H and O–H groups in total. The van der Waals surface area contributed by atoms with Gasteiger partial charge in [-0.1, -0.05) is 133 Å². The van der Waals surface area contributed by atoms with Crippen molar-refractivity contribution in [2.75, 3.05) is 0 Å². The van der Waals surface area contributed by atoms with Crippen LogP contribution >= 0.6 is 15.6 Å². The van der Waals surface area contributed by atoms with Gasteiger partial charge in [-0.2, -0.15) is 4.31 Å². The topological polar surface area (TPSA) is 134 Å². The monoisotopic (exact) mass is 588 g/mol. The SMILES string of the molecule is O=P(O)(O)OP(=O)(O)OC(O)(c1ccccc1)c1ccc(-c2ccccc2)c(-c2ccccc2)c1-c1ccccc1. The normalized spacial score (nSPS) is 14.6. The van der Waals surface area contributed by atoms with E-state index in [4.69, 9.17) is 4.52 Å². The lowest BCUT2D eigenvalue weighted by molar-refractivity contribution is -0.121. The van der Waals surface area contributed by atoms with Gasteiger partial charge >= 0.3 is 15.6 Å². The molecular weight excluding hydrogens is 562 g/mol. The zero-order valence-electron chi connectivity index (χ0n) is 21.5. The van der Waals surface area contributed by atoms with Crippen LogP contribution in [-0.4, -0.2) is 19.8 Å². The third-order valence-corrected chi connectivity index (χ3v) is 8.57. The van der Waals surface area contributed by atoms with E-state index in [9.17, 15) is 28.9 Å². The van der Waals surface area contributed by atoms with Gasteiger partial charge < -0.3 is 19.8 Å². The largest absolute Gasteiger partial charge is 0.484 e. The second-order valence-corrected chi connectivity index (χ2v) is 11.9. The standard InChI is InChI=1S/C31H26O8P2/c32-31(26-19-11-4-12-20-26,38-41(36,37)39-40(33,34)35)28-22-21-27(23-13-5-1-6-14-23)29(24-15-7-2-8-16-24)30(28)25-17-9-3-10-18-25/h1-22,32H,(H,36,37)(H2,33,34,35). The number of benzene rings is 5. The fraction of sp³-hybridized carbons (Fsp3) is 0.0323. The maximum atomic E-state index is 12.9. The molecular formula is C31H26O8P2. The predicted octanol–water partition coefficient (Wildman–Crippen LogP) is 7.11. The van der Waals surface area contributed by atoms with Crippen LogP contribution in [0.25, 0.3) is 33.4 Å². The minimum atomic E-state index is -5.55. The van der Waals surface area contributed by atoms with E-state index in [1.54, 1.807) is 30.3 Å². The lowest BCUT2D eigenvalue weighted by Gasteiger charge is -2.33. The molecule has 0 amide bonds. The van der Waals surface area contributed by atoms with Crippen LogP contribution in [0.3, 0.4) is 0 Å². The van der Waals surface area contributed by atoms with Crippen molar-refractivity contribution in [3.05, 3.63) is 145 Å². The summed E-state index contributed by atoms with van der Waals surface area (Å²) < 4.78 is 33.9. The average Bonchev–Trinajstić information content (AvgIpc) is 2.96. The fourth-order valence-corrected chi connectivity index (χ4v) is 6.54. The molecule has 5 aromatic rings. The van der Waals surface area contributed by atoms with E-state index >= 15 is 0 Å². The Labute approximate surface area is 237 Å². The maximum Gasteiger partial charge on any atom is 0.484 e. The summed E-state index contributed by atoms with van der Waals surface area (Å²) >= 11 is 0. The van der Waals surface area contributed by atoms with E-state index in [-0.39, 0.29) is 11.1 Å². The summed E-state index contributed by atoms with van der Waals surface area (Å²) in [7, 11) is -11.0. The molecule has 8 nitrogen and oxygen atoms in total. The molecule has 0 bridgehead atoms. The lowest BCUT2D eigenvalue weighted by atomic mass is 9.81. The van der Waals surface area contributed by atoms with Gasteiger partial charge in [-0.15, -0.1) is 0 Å².